The Balaban J connectivity index is 2.10. The highest BCUT2D eigenvalue weighted by Gasteiger charge is 2.00. The van der Waals surface area contributed by atoms with Crippen LogP contribution in [-0.2, 0) is 6.42 Å². The van der Waals surface area contributed by atoms with Crippen LogP contribution in [0.1, 0.15) is 24.8 Å². The molecule has 0 amide bonds. The standard InChI is InChI=1S/C12H17ClO/c13-10-12(14)9-5-4-8-11-6-2-1-3-7-11/h1-3,6-7,12,14H,4-5,8-10H2. The van der Waals surface area contributed by atoms with Crippen molar-refractivity contribution < 1.29 is 5.11 Å². The summed E-state index contributed by atoms with van der Waals surface area (Å²) in [5, 5.41) is 9.22. The van der Waals surface area contributed by atoms with Crippen LogP contribution in [0.4, 0.5) is 0 Å². The summed E-state index contributed by atoms with van der Waals surface area (Å²) < 4.78 is 0. The second-order valence-electron chi connectivity index (χ2n) is 3.54. The van der Waals surface area contributed by atoms with Crippen molar-refractivity contribution in [3.05, 3.63) is 35.9 Å². The lowest BCUT2D eigenvalue weighted by Crippen LogP contribution is -2.07. The van der Waals surface area contributed by atoms with Gasteiger partial charge in [-0.2, -0.15) is 0 Å². The van der Waals surface area contributed by atoms with Crippen molar-refractivity contribution in [2.75, 3.05) is 5.88 Å². The third-order valence-corrected chi connectivity index (χ3v) is 2.63. The number of unbranched alkanes of at least 4 members (excludes halogenated alkanes) is 1. The molecule has 1 aromatic carbocycles. The monoisotopic (exact) mass is 212 g/mol. The summed E-state index contributed by atoms with van der Waals surface area (Å²) in [6.45, 7) is 0. The van der Waals surface area contributed by atoms with Crippen molar-refractivity contribution in [3.8, 4) is 0 Å². The maximum atomic E-state index is 9.22. The van der Waals surface area contributed by atoms with Gasteiger partial charge in [0.1, 0.15) is 0 Å². The number of aliphatic hydroxyl groups is 1. The SMILES string of the molecule is OC(CCl)CCCCc1ccccc1. The summed E-state index contributed by atoms with van der Waals surface area (Å²) in [4.78, 5) is 0. The van der Waals surface area contributed by atoms with Crippen LogP contribution in [-0.4, -0.2) is 17.1 Å². The van der Waals surface area contributed by atoms with E-state index in [-0.39, 0.29) is 6.10 Å². The van der Waals surface area contributed by atoms with Crippen LogP contribution in [0.5, 0.6) is 0 Å². The first kappa shape index (κ1) is 11.5. The molecule has 0 aliphatic rings. The van der Waals surface area contributed by atoms with E-state index < -0.39 is 0 Å². The number of halogens is 1. The van der Waals surface area contributed by atoms with Crippen molar-refractivity contribution in [1.29, 1.82) is 0 Å². The van der Waals surface area contributed by atoms with E-state index in [9.17, 15) is 5.11 Å². The number of rotatable bonds is 6. The Morgan fingerprint density at radius 1 is 1.14 bits per heavy atom. The molecule has 0 saturated carbocycles. The minimum atomic E-state index is -0.326. The highest BCUT2D eigenvalue weighted by Crippen LogP contribution is 2.08. The summed E-state index contributed by atoms with van der Waals surface area (Å²) in [6.07, 6.45) is 3.75. The molecule has 1 nitrogen and oxygen atoms in total. The summed E-state index contributed by atoms with van der Waals surface area (Å²) in [5.74, 6) is 0.353. The Bertz CT molecular complexity index is 235. The van der Waals surface area contributed by atoms with Gasteiger partial charge < -0.3 is 5.11 Å². The van der Waals surface area contributed by atoms with Gasteiger partial charge in [0.05, 0.1) is 6.10 Å². The van der Waals surface area contributed by atoms with Gasteiger partial charge in [-0.15, -0.1) is 11.6 Å². The van der Waals surface area contributed by atoms with Crippen LogP contribution in [0.25, 0.3) is 0 Å². The zero-order valence-electron chi connectivity index (χ0n) is 8.32. The molecule has 2 heteroatoms. The number of benzene rings is 1. The summed E-state index contributed by atoms with van der Waals surface area (Å²) in [5.41, 5.74) is 1.37. The van der Waals surface area contributed by atoms with Crippen LogP contribution in [0.3, 0.4) is 0 Å². The van der Waals surface area contributed by atoms with Gasteiger partial charge in [0.2, 0.25) is 0 Å². The van der Waals surface area contributed by atoms with E-state index >= 15 is 0 Å². The predicted molar refractivity (Wildman–Crippen MR) is 60.7 cm³/mol. The molecule has 1 aromatic rings. The fraction of sp³-hybridized carbons (Fsp3) is 0.500. The molecule has 0 fully saturated rings. The average Bonchev–Trinajstić information content (AvgIpc) is 2.25. The van der Waals surface area contributed by atoms with Crippen molar-refractivity contribution >= 4 is 11.6 Å². The van der Waals surface area contributed by atoms with E-state index in [0.717, 1.165) is 25.7 Å². The Morgan fingerprint density at radius 2 is 1.86 bits per heavy atom. The molecule has 1 N–H and O–H groups in total. The van der Waals surface area contributed by atoms with Gasteiger partial charge in [0.25, 0.3) is 0 Å². The maximum Gasteiger partial charge on any atom is 0.0675 e. The highest BCUT2D eigenvalue weighted by atomic mass is 35.5. The van der Waals surface area contributed by atoms with E-state index in [1.54, 1.807) is 0 Å². The number of aryl methyl sites for hydroxylation is 1. The largest absolute Gasteiger partial charge is 0.392 e. The molecule has 0 saturated heterocycles. The lowest BCUT2D eigenvalue weighted by atomic mass is 10.1. The Kier molecular flexibility index (Phi) is 5.65. The lowest BCUT2D eigenvalue weighted by Gasteiger charge is -2.05. The molecule has 0 aliphatic heterocycles. The Morgan fingerprint density at radius 3 is 2.50 bits per heavy atom. The number of hydrogen-bond donors (Lipinski definition) is 1. The van der Waals surface area contributed by atoms with Crippen molar-refractivity contribution in [3.63, 3.8) is 0 Å². The molecular weight excluding hydrogens is 196 g/mol. The van der Waals surface area contributed by atoms with Gasteiger partial charge in [0, 0.05) is 5.88 Å². The quantitative estimate of drug-likeness (QED) is 0.568. The molecule has 0 aliphatic carbocycles. The van der Waals surface area contributed by atoms with Gasteiger partial charge >= 0.3 is 0 Å². The minimum absolute atomic E-state index is 0.326. The molecule has 78 valence electrons. The van der Waals surface area contributed by atoms with Gasteiger partial charge in [-0.1, -0.05) is 36.8 Å². The summed E-state index contributed by atoms with van der Waals surface area (Å²) in [7, 11) is 0. The van der Waals surface area contributed by atoms with Crippen molar-refractivity contribution in [2.45, 2.75) is 31.8 Å². The fourth-order valence-corrected chi connectivity index (χ4v) is 1.59. The van der Waals surface area contributed by atoms with E-state index in [4.69, 9.17) is 11.6 Å². The topological polar surface area (TPSA) is 20.2 Å². The molecule has 0 aromatic heterocycles. The zero-order chi connectivity index (χ0) is 10.2. The zero-order valence-corrected chi connectivity index (χ0v) is 9.08. The third kappa shape index (κ3) is 4.64. The molecule has 0 heterocycles. The fourth-order valence-electron chi connectivity index (χ4n) is 1.43. The van der Waals surface area contributed by atoms with Crippen LogP contribution < -0.4 is 0 Å². The highest BCUT2D eigenvalue weighted by molar-refractivity contribution is 6.18. The lowest BCUT2D eigenvalue weighted by molar-refractivity contribution is 0.184. The van der Waals surface area contributed by atoms with Crippen LogP contribution in [0, 0.1) is 0 Å². The molecule has 1 rings (SSSR count). The van der Waals surface area contributed by atoms with Crippen molar-refractivity contribution in [1.82, 2.24) is 0 Å². The van der Waals surface area contributed by atoms with Crippen LogP contribution >= 0.6 is 11.6 Å². The smallest absolute Gasteiger partial charge is 0.0675 e. The summed E-state index contributed by atoms with van der Waals surface area (Å²) >= 11 is 5.50. The van der Waals surface area contributed by atoms with E-state index in [2.05, 4.69) is 24.3 Å². The first-order chi connectivity index (χ1) is 6.83. The maximum absolute atomic E-state index is 9.22. The second kappa shape index (κ2) is 6.86. The van der Waals surface area contributed by atoms with E-state index in [1.165, 1.54) is 5.56 Å². The predicted octanol–water partition coefficient (Wildman–Crippen LogP) is 3.00. The molecule has 0 spiro atoms. The summed E-state index contributed by atoms with van der Waals surface area (Å²) in [6, 6.07) is 10.4. The molecule has 1 atom stereocenters. The molecule has 0 radical (unpaired) electrons. The van der Waals surface area contributed by atoms with Crippen LogP contribution in [0.15, 0.2) is 30.3 Å². The number of alkyl halides is 1. The first-order valence-electron chi connectivity index (χ1n) is 5.11. The normalized spacial score (nSPS) is 12.7. The van der Waals surface area contributed by atoms with Gasteiger partial charge in [0.15, 0.2) is 0 Å². The molecule has 0 bridgehead atoms. The molecule has 14 heavy (non-hydrogen) atoms. The number of hydrogen-bond acceptors (Lipinski definition) is 1. The van der Waals surface area contributed by atoms with E-state index in [1.807, 2.05) is 6.07 Å². The van der Waals surface area contributed by atoms with Gasteiger partial charge in [-0.3, -0.25) is 0 Å². The Hall–Kier alpha value is -0.530. The van der Waals surface area contributed by atoms with E-state index in [0.29, 0.717) is 5.88 Å². The molecular formula is C12H17ClO. The van der Waals surface area contributed by atoms with Crippen LogP contribution in [0.2, 0.25) is 0 Å². The average molecular weight is 213 g/mol. The number of aliphatic hydroxyl groups excluding tert-OH is 1. The minimum Gasteiger partial charge on any atom is -0.392 e. The molecule has 1 unspecified atom stereocenters. The van der Waals surface area contributed by atoms with Gasteiger partial charge in [-0.25, -0.2) is 0 Å². The van der Waals surface area contributed by atoms with Crippen molar-refractivity contribution in [2.24, 2.45) is 0 Å². The third-order valence-electron chi connectivity index (χ3n) is 2.27. The first-order valence-corrected chi connectivity index (χ1v) is 5.64. The second-order valence-corrected chi connectivity index (χ2v) is 3.85. The Labute approximate surface area is 90.7 Å². The van der Waals surface area contributed by atoms with Gasteiger partial charge in [-0.05, 0) is 24.8 Å².